The lowest BCUT2D eigenvalue weighted by atomic mass is 9.83. The molecule has 0 amide bonds. The van der Waals surface area contributed by atoms with Crippen molar-refractivity contribution < 1.29 is 0 Å². The Balaban J connectivity index is 0.000000781. The zero-order valence-corrected chi connectivity index (χ0v) is 14.6. The highest BCUT2D eigenvalue weighted by molar-refractivity contribution is 5.85. The Morgan fingerprint density at radius 1 is 1.22 bits per heavy atom. The molecule has 23 heavy (non-hydrogen) atoms. The van der Waals surface area contributed by atoms with E-state index in [1.165, 1.54) is 43.4 Å². The van der Waals surface area contributed by atoms with Gasteiger partial charge >= 0.3 is 0 Å². The summed E-state index contributed by atoms with van der Waals surface area (Å²) in [5.74, 6) is 1.15. The van der Waals surface area contributed by atoms with Crippen LogP contribution in [0.25, 0.3) is 5.65 Å². The second-order valence-corrected chi connectivity index (χ2v) is 7.03. The first-order valence-corrected chi connectivity index (χ1v) is 8.16. The first-order valence-electron chi connectivity index (χ1n) is 8.16. The average Bonchev–Trinajstić information content (AvgIpc) is 2.98. The first kappa shape index (κ1) is 16.8. The fraction of sp³-hybridized carbons (Fsp3) is 0.625. The zero-order valence-electron chi connectivity index (χ0n) is 13.0. The molecule has 0 bridgehead atoms. The maximum atomic E-state index is 5.99. The SMILES string of the molecule is Cl.Cl.N[C@H]1C[C@@H]1Nc1c2c(nc3ccnn13)C1(CCCC1)CC2. The molecule has 2 aromatic heterocycles. The van der Waals surface area contributed by atoms with E-state index in [0.29, 0.717) is 17.5 Å². The molecular formula is C16H23Cl2N5. The van der Waals surface area contributed by atoms with Gasteiger partial charge in [0.15, 0.2) is 5.65 Å². The van der Waals surface area contributed by atoms with Crippen LogP contribution in [0.3, 0.4) is 0 Å². The molecule has 3 aliphatic carbocycles. The Morgan fingerprint density at radius 2 is 1.96 bits per heavy atom. The predicted molar refractivity (Wildman–Crippen MR) is 96.0 cm³/mol. The average molecular weight is 356 g/mol. The molecule has 5 rings (SSSR count). The van der Waals surface area contributed by atoms with E-state index in [2.05, 4.69) is 10.4 Å². The number of nitrogens with two attached hydrogens (primary N) is 1. The quantitative estimate of drug-likeness (QED) is 0.868. The summed E-state index contributed by atoms with van der Waals surface area (Å²) in [4.78, 5) is 4.99. The van der Waals surface area contributed by atoms with E-state index in [1.54, 1.807) is 0 Å². The van der Waals surface area contributed by atoms with Crippen LogP contribution in [0, 0.1) is 0 Å². The molecule has 2 atom stereocenters. The highest BCUT2D eigenvalue weighted by Crippen LogP contribution is 2.51. The fourth-order valence-corrected chi connectivity index (χ4v) is 4.38. The molecule has 126 valence electrons. The van der Waals surface area contributed by atoms with Gasteiger partial charge in [-0.05, 0) is 32.1 Å². The minimum absolute atomic E-state index is 0. The Labute approximate surface area is 148 Å². The van der Waals surface area contributed by atoms with Crippen LogP contribution >= 0.6 is 24.8 Å². The molecule has 0 saturated heterocycles. The van der Waals surface area contributed by atoms with Crippen LogP contribution < -0.4 is 11.1 Å². The standard InChI is InChI=1S/C16H21N5.2ClH/c17-11-9-12(11)19-15-10-3-7-16(5-1-2-6-16)14(10)20-13-4-8-18-21(13)15;;/h4,8,11-12,19H,1-3,5-7,9,17H2;2*1H/t11-,12-;;/m0../s1. The Morgan fingerprint density at radius 3 is 2.65 bits per heavy atom. The van der Waals surface area contributed by atoms with E-state index in [4.69, 9.17) is 10.7 Å². The van der Waals surface area contributed by atoms with Gasteiger partial charge in [0.25, 0.3) is 0 Å². The summed E-state index contributed by atoms with van der Waals surface area (Å²) in [6.45, 7) is 0. The van der Waals surface area contributed by atoms with Gasteiger partial charge in [-0.1, -0.05) is 12.8 Å². The zero-order chi connectivity index (χ0) is 14.0. The third-order valence-electron chi connectivity index (χ3n) is 5.71. The Bertz CT molecular complexity index is 723. The van der Waals surface area contributed by atoms with E-state index < -0.39 is 0 Å². The Hall–Kier alpha value is -1.04. The van der Waals surface area contributed by atoms with Crippen molar-refractivity contribution in [3.05, 3.63) is 23.5 Å². The van der Waals surface area contributed by atoms with E-state index in [1.807, 2.05) is 16.8 Å². The van der Waals surface area contributed by atoms with E-state index in [-0.39, 0.29) is 24.8 Å². The molecule has 5 nitrogen and oxygen atoms in total. The van der Waals surface area contributed by atoms with Gasteiger partial charge in [-0.25, -0.2) is 4.98 Å². The third kappa shape index (κ3) is 2.41. The molecule has 0 radical (unpaired) electrons. The summed E-state index contributed by atoms with van der Waals surface area (Å²) in [5.41, 5.74) is 10.1. The molecule has 0 unspecified atom stereocenters. The van der Waals surface area contributed by atoms with Crippen molar-refractivity contribution in [2.24, 2.45) is 5.73 Å². The lowest BCUT2D eigenvalue weighted by molar-refractivity contribution is 0.429. The van der Waals surface area contributed by atoms with Crippen LogP contribution in [0.1, 0.15) is 49.8 Å². The van der Waals surface area contributed by atoms with Gasteiger partial charge in [-0.3, -0.25) is 0 Å². The fourth-order valence-electron chi connectivity index (χ4n) is 4.38. The van der Waals surface area contributed by atoms with Crippen molar-refractivity contribution in [2.45, 2.75) is 62.4 Å². The highest BCUT2D eigenvalue weighted by atomic mass is 35.5. The second-order valence-electron chi connectivity index (χ2n) is 7.03. The molecular weight excluding hydrogens is 333 g/mol. The summed E-state index contributed by atoms with van der Waals surface area (Å²) < 4.78 is 1.97. The lowest BCUT2D eigenvalue weighted by Crippen LogP contribution is -2.21. The number of nitrogens with one attached hydrogen (secondary N) is 1. The molecule has 2 heterocycles. The number of rotatable bonds is 2. The number of nitrogens with zero attached hydrogens (tertiary/aromatic N) is 3. The predicted octanol–water partition coefficient (Wildman–Crippen LogP) is 2.84. The molecule has 7 heteroatoms. The van der Waals surface area contributed by atoms with Crippen LogP contribution in [0.15, 0.2) is 12.3 Å². The maximum Gasteiger partial charge on any atom is 0.157 e. The van der Waals surface area contributed by atoms with Gasteiger partial charge < -0.3 is 11.1 Å². The topological polar surface area (TPSA) is 68.2 Å². The van der Waals surface area contributed by atoms with E-state index in [9.17, 15) is 0 Å². The highest BCUT2D eigenvalue weighted by Gasteiger charge is 2.45. The Kier molecular flexibility index (Phi) is 4.23. The smallest absolute Gasteiger partial charge is 0.157 e. The van der Waals surface area contributed by atoms with Crippen LogP contribution in [-0.4, -0.2) is 26.7 Å². The summed E-state index contributed by atoms with van der Waals surface area (Å²) >= 11 is 0. The van der Waals surface area contributed by atoms with Crippen LogP contribution in [-0.2, 0) is 11.8 Å². The molecule has 1 spiro atoms. The number of halogens is 2. The summed E-state index contributed by atoms with van der Waals surface area (Å²) in [6, 6.07) is 2.71. The molecule has 3 N–H and O–H groups in total. The second kappa shape index (κ2) is 5.80. The minimum atomic E-state index is 0. The minimum Gasteiger partial charge on any atom is -0.365 e. The van der Waals surface area contributed by atoms with Gasteiger partial charge in [0, 0.05) is 29.1 Å². The molecule has 3 aliphatic rings. The van der Waals surface area contributed by atoms with Crippen molar-refractivity contribution in [3.63, 3.8) is 0 Å². The van der Waals surface area contributed by atoms with Crippen molar-refractivity contribution in [2.75, 3.05) is 5.32 Å². The number of aromatic nitrogens is 3. The first-order chi connectivity index (χ1) is 10.3. The van der Waals surface area contributed by atoms with Gasteiger partial charge in [0.1, 0.15) is 5.82 Å². The monoisotopic (exact) mass is 355 g/mol. The van der Waals surface area contributed by atoms with Crippen molar-refractivity contribution in [1.29, 1.82) is 0 Å². The summed E-state index contributed by atoms with van der Waals surface area (Å²) in [5, 5.41) is 8.10. The van der Waals surface area contributed by atoms with Gasteiger partial charge in [0.2, 0.25) is 0 Å². The van der Waals surface area contributed by atoms with E-state index >= 15 is 0 Å². The van der Waals surface area contributed by atoms with Crippen molar-refractivity contribution >= 4 is 36.3 Å². The molecule has 0 aliphatic heterocycles. The summed E-state index contributed by atoms with van der Waals surface area (Å²) in [6.07, 6.45) is 10.6. The van der Waals surface area contributed by atoms with Crippen molar-refractivity contribution in [1.82, 2.24) is 14.6 Å². The van der Waals surface area contributed by atoms with Crippen LogP contribution in [0.4, 0.5) is 5.82 Å². The summed E-state index contributed by atoms with van der Waals surface area (Å²) in [7, 11) is 0. The third-order valence-corrected chi connectivity index (χ3v) is 5.71. The van der Waals surface area contributed by atoms with Gasteiger partial charge in [-0.2, -0.15) is 9.61 Å². The van der Waals surface area contributed by atoms with E-state index in [0.717, 1.165) is 24.3 Å². The van der Waals surface area contributed by atoms with Crippen LogP contribution in [0.5, 0.6) is 0 Å². The molecule has 2 aromatic rings. The number of anilines is 1. The maximum absolute atomic E-state index is 5.99. The number of hydrogen-bond donors (Lipinski definition) is 2. The molecule has 2 saturated carbocycles. The lowest BCUT2D eigenvalue weighted by Gasteiger charge is -2.23. The van der Waals surface area contributed by atoms with Crippen molar-refractivity contribution in [3.8, 4) is 0 Å². The van der Waals surface area contributed by atoms with Gasteiger partial charge in [0.05, 0.1) is 11.9 Å². The normalized spacial score (nSPS) is 26.7. The molecule has 2 fully saturated rings. The number of fused-ring (bicyclic) bond motifs is 3. The largest absolute Gasteiger partial charge is 0.365 e. The van der Waals surface area contributed by atoms with Gasteiger partial charge in [-0.15, -0.1) is 24.8 Å². The van der Waals surface area contributed by atoms with Crippen LogP contribution in [0.2, 0.25) is 0 Å². The molecule has 0 aromatic carbocycles. The number of hydrogen-bond acceptors (Lipinski definition) is 4.